The minimum Gasteiger partial charge on any atom is -0.477 e. The molecule has 18 heavy (non-hydrogen) atoms. The summed E-state index contributed by atoms with van der Waals surface area (Å²) in [6, 6.07) is 7.28. The number of carbonyl (C=O) groups is 1. The first kappa shape index (κ1) is 12.7. The van der Waals surface area contributed by atoms with Gasteiger partial charge in [-0.15, -0.1) is 0 Å². The van der Waals surface area contributed by atoms with E-state index >= 15 is 0 Å². The third-order valence-electron chi connectivity index (χ3n) is 2.12. The number of ether oxygens (including phenoxy) is 1. The summed E-state index contributed by atoms with van der Waals surface area (Å²) in [6.45, 7) is 1.67. The number of aryl methyl sites for hydroxylation is 1. The van der Waals surface area contributed by atoms with Gasteiger partial charge in [0.15, 0.2) is 0 Å². The first-order chi connectivity index (χ1) is 8.56. The lowest BCUT2D eigenvalue weighted by atomic mass is 10.3. The van der Waals surface area contributed by atoms with E-state index in [2.05, 4.69) is 32.6 Å². The quantitative estimate of drug-likeness (QED) is 0.857. The summed E-state index contributed by atoms with van der Waals surface area (Å²) in [6.07, 6.45) is 1.24. The number of benzene rings is 1. The molecular formula is C12H9IN2O3. The molecule has 2 aromatic rings. The summed E-state index contributed by atoms with van der Waals surface area (Å²) in [5.74, 6) is -0.0595. The van der Waals surface area contributed by atoms with E-state index in [1.807, 2.05) is 12.1 Å². The summed E-state index contributed by atoms with van der Waals surface area (Å²) < 4.78 is 6.49. The summed E-state index contributed by atoms with van der Waals surface area (Å²) in [5.41, 5.74) is -0.0561. The van der Waals surface area contributed by atoms with Crippen LogP contribution in [0.2, 0.25) is 0 Å². The average molecular weight is 356 g/mol. The fourth-order valence-corrected chi connectivity index (χ4v) is 1.83. The van der Waals surface area contributed by atoms with Gasteiger partial charge >= 0.3 is 5.97 Å². The number of hydrogen-bond acceptors (Lipinski definition) is 4. The first-order valence-corrected chi connectivity index (χ1v) is 6.14. The van der Waals surface area contributed by atoms with E-state index in [0.29, 0.717) is 11.6 Å². The number of rotatable bonds is 3. The van der Waals surface area contributed by atoms with E-state index in [1.165, 1.54) is 6.20 Å². The van der Waals surface area contributed by atoms with Gasteiger partial charge in [0.25, 0.3) is 0 Å². The van der Waals surface area contributed by atoms with Crippen LogP contribution in [0.4, 0.5) is 0 Å². The molecule has 2 rings (SSSR count). The molecule has 5 nitrogen and oxygen atoms in total. The Balaban J connectivity index is 2.39. The van der Waals surface area contributed by atoms with E-state index in [4.69, 9.17) is 9.84 Å². The lowest BCUT2D eigenvalue weighted by Crippen LogP contribution is -2.04. The summed E-state index contributed by atoms with van der Waals surface area (Å²) in [7, 11) is 0. The largest absolute Gasteiger partial charge is 0.477 e. The van der Waals surface area contributed by atoms with E-state index in [0.717, 1.165) is 3.57 Å². The molecule has 92 valence electrons. The lowest BCUT2D eigenvalue weighted by molar-refractivity contribution is 0.0693. The van der Waals surface area contributed by atoms with E-state index in [9.17, 15) is 4.79 Å². The van der Waals surface area contributed by atoms with Gasteiger partial charge in [0.1, 0.15) is 17.1 Å². The van der Waals surface area contributed by atoms with Gasteiger partial charge in [0, 0.05) is 9.77 Å². The van der Waals surface area contributed by atoms with E-state index in [1.54, 1.807) is 19.1 Å². The van der Waals surface area contributed by atoms with Crippen LogP contribution in [0.15, 0.2) is 30.5 Å². The molecule has 0 amide bonds. The number of hydrogen-bond donors (Lipinski definition) is 1. The van der Waals surface area contributed by atoms with Crippen molar-refractivity contribution in [3.8, 4) is 11.6 Å². The second-order valence-electron chi connectivity index (χ2n) is 3.50. The van der Waals surface area contributed by atoms with Gasteiger partial charge in [-0.3, -0.25) is 0 Å². The standard InChI is InChI=1S/C12H9IN2O3/c1-7-14-6-10(12(16)17)11(15-7)18-9-4-2-3-8(13)5-9/h2-6H,1H3,(H,16,17). The predicted molar refractivity (Wildman–Crippen MR) is 73.0 cm³/mol. The smallest absolute Gasteiger partial charge is 0.342 e. The fourth-order valence-electron chi connectivity index (χ4n) is 1.32. The van der Waals surface area contributed by atoms with E-state index < -0.39 is 5.97 Å². The van der Waals surface area contributed by atoms with Crippen molar-refractivity contribution in [2.45, 2.75) is 6.92 Å². The molecule has 0 fully saturated rings. The van der Waals surface area contributed by atoms with Crippen LogP contribution >= 0.6 is 22.6 Å². The van der Waals surface area contributed by atoms with Gasteiger partial charge in [-0.05, 0) is 47.7 Å². The van der Waals surface area contributed by atoms with Gasteiger partial charge in [0.2, 0.25) is 5.88 Å². The molecule has 6 heteroatoms. The Morgan fingerprint density at radius 2 is 2.22 bits per heavy atom. The molecule has 0 saturated carbocycles. The van der Waals surface area contributed by atoms with Crippen molar-refractivity contribution in [2.24, 2.45) is 0 Å². The summed E-state index contributed by atoms with van der Waals surface area (Å²) in [4.78, 5) is 18.9. The highest BCUT2D eigenvalue weighted by atomic mass is 127. The minimum absolute atomic E-state index is 0.0528. The molecule has 1 aromatic carbocycles. The third-order valence-corrected chi connectivity index (χ3v) is 2.79. The number of aromatic nitrogens is 2. The van der Waals surface area contributed by atoms with Gasteiger partial charge in [-0.2, -0.15) is 4.98 Å². The molecule has 0 atom stereocenters. The average Bonchev–Trinajstić information content (AvgIpc) is 2.28. The highest BCUT2D eigenvalue weighted by Gasteiger charge is 2.14. The van der Waals surface area contributed by atoms with Gasteiger partial charge in [-0.25, -0.2) is 9.78 Å². The molecule has 1 heterocycles. The Hall–Kier alpha value is -1.70. The number of carboxylic acids is 1. The third kappa shape index (κ3) is 2.95. The van der Waals surface area contributed by atoms with Crippen LogP contribution in [0.5, 0.6) is 11.6 Å². The molecule has 0 spiro atoms. The highest BCUT2D eigenvalue weighted by molar-refractivity contribution is 14.1. The van der Waals surface area contributed by atoms with E-state index in [-0.39, 0.29) is 11.4 Å². The first-order valence-electron chi connectivity index (χ1n) is 5.06. The summed E-state index contributed by atoms with van der Waals surface area (Å²) >= 11 is 2.15. The minimum atomic E-state index is -1.12. The van der Waals surface area contributed by atoms with Crippen LogP contribution in [0.25, 0.3) is 0 Å². The molecule has 0 aliphatic heterocycles. The molecule has 1 aromatic heterocycles. The maximum absolute atomic E-state index is 11.0. The van der Waals surface area contributed by atoms with Crippen LogP contribution < -0.4 is 4.74 Å². The van der Waals surface area contributed by atoms with Crippen molar-refractivity contribution < 1.29 is 14.6 Å². The normalized spacial score (nSPS) is 10.1. The highest BCUT2D eigenvalue weighted by Crippen LogP contribution is 2.24. The Morgan fingerprint density at radius 1 is 1.44 bits per heavy atom. The fraction of sp³-hybridized carbons (Fsp3) is 0.0833. The molecule has 0 aliphatic carbocycles. The molecule has 0 radical (unpaired) electrons. The van der Waals surface area contributed by atoms with Crippen LogP contribution in [-0.4, -0.2) is 21.0 Å². The Kier molecular flexibility index (Phi) is 3.75. The van der Waals surface area contributed by atoms with Crippen LogP contribution in [0.3, 0.4) is 0 Å². The number of nitrogens with zero attached hydrogens (tertiary/aromatic N) is 2. The number of carboxylic acid groups (broad SMARTS) is 1. The van der Waals surface area contributed by atoms with Gasteiger partial charge in [-0.1, -0.05) is 6.07 Å². The SMILES string of the molecule is Cc1ncc(C(=O)O)c(Oc2cccc(I)c2)n1. The van der Waals surface area contributed by atoms with Crippen molar-refractivity contribution in [1.29, 1.82) is 0 Å². The monoisotopic (exact) mass is 356 g/mol. The van der Waals surface area contributed by atoms with Crippen molar-refractivity contribution >= 4 is 28.6 Å². The van der Waals surface area contributed by atoms with Crippen LogP contribution in [-0.2, 0) is 0 Å². The molecular weight excluding hydrogens is 347 g/mol. The zero-order valence-electron chi connectivity index (χ0n) is 9.42. The zero-order chi connectivity index (χ0) is 13.1. The van der Waals surface area contributed by atoms with Crippen molar-refractivity contribution in [3.05, 3.63) is 45.4 Å². The maximum Gasteiger partial charge on any atom is 0.342 e. The second-order valence-corrected chi connectivity index (χ2v) is 4.75. The lowest BCUT2D eigenvalue weighted by Gasteiger charge is -2.08. The van der Waals surface area contributed by atoms with Crippen molar-refractivity contribution in [1.82, 2.24) is 9.97 Å². The van der Waals surface area contributed by atoms with Gasteiger partial charge < -0.3 is 9.84 Å². The predicted octanol–water partition coefficient (Wildman–Crippen LogP) is 2.88. The maximum atomic E-state index is 11.0. The Morgan fingerprint density at radius 3 is 2.89 bits per heavy atom. The topological polar surface area (TPSA) is 72.3 Å². The molecule has 1 N–H and O–H groups in total. The molecule has 0 aliphatic rings. The zero-order valence-corrected chi connectivity index (χ0v) is 11.6. The van der Waals surface area contributed by atoms with Crippen molar-refractivity contribution in [3.63, 3.8) is 0 Å². The van der Waals surface area contributed by atoms with Crippen LogP contribution in [0.1, 0.15) is 16.2 Å². The molecule has 0 bridgehead atoms. The number of halogens is 1. The van der Waals surface area contributed by atoms with Crippen molar-refractivity contribution in [2.75, 3.05) is 0 Å². The molecule has 0 unspecified atom stereocenters. The van der Waals surface area contributed by atoms with Crippen LogP contribution in [0, 0.1) is 10.5 Å². The summed E-state index contributed by atoms with van der Waals surface area (Å²) in [5, 5.41) is 9.03. The Labute approximate surface area is 117 Å². The van der Waals surface area contributed by atoms with Gasteiger partial charge in [0.05, 0.1) is 0 Å². The Bertz CT molecular complexity index is 602. The number of aromatic carboxylic acids is 1. The molecule has 0 saturated heterocycles. The second kappa shape index (κ2) is 5.30.